The highest BCUT2D eigenvalue weighted by Crippen LogP contribution is 2.49. The first-order chi connectivity index (χ1) is 40.5. The van der Waals surface area contributed by atoms with Crippen LogP contribution in [-0.2, 0) is 42.9 Å². The van der Waals surface area contributed by atoms with Crippen molar-refractivity contribution < 1.29 is 98.5 Å². The van der Waals surface area contributed by atoms with E-state index in [-0.39, 0.29) is 58.1 Å². The molecule has 1 amide bonds. The van der Waals surface area contributed by atoms with Gasteiger partial charge in [-0.25, -0.2) is 14.4 Å². The highest BCUT2D eigenvalue weighted by Gasteiger charge is 2.39. The number of carboxylic acids is 2. The Morgan fingerprint density at radius 2 is 0.736 bits per heavy atom. The highest BCUT2D eigenvalue weighted by atomic mass is 19.4. The fourth-order valence-electron chi connectivity index (χ4n) is 8.71. The first-order valence-electron chi connectivity index (χ1n) is 29.3. The number of carboxylic acid groups (broad SMARTS) is 2. The standard InChI is InChI=1S/C23H35NO5.2C18H27NO3.2C2HF3O2/c1-15(2)18-8-7-9-19(16(3)17-10-11-17)21(18)28-14-27-20(25)12-13-24-22(26)29-23(4,5)6;2*1-12(2)15-5-4-6-16(13(3)14-7-8-14)18(15)22-11-21-17(20)9-10-19;2*3-2(4,5)1(6)7/h7-9,15-17H,10-14H2,1-6H3,(H,24,26);2*4-6,12-14H,7-11,19H2,1-3H3;2*(H,6,7)/t16-;2*13-;;/m111../s1. The zero-order valence-corrected chi connectivity index (χ0v) is 52.1. The molecule has 3 aromatic carbocycles. The molecule has 3 aliphatic carbocycles. The van der Waals surface area contributed by atoms with Crippen molar-refractivity contribution in [2.45, 2.75) is 194 Å². The molecule has 3 aliphatic rings. The molecule has 3 aromatic rings. The number of hydrogen-bond acceptors (Lipinski definition) is 15. The van der Waals surface area contributed by atoms with Gasteiger partial charge >= 0.3 is 48.3 Å². The molecule has 0 bridgehead atoms. The fourth-order valence-corrected chi connectivity index (χ4v) is 8.71. The molecule has 18 nitrogen and oxygen atoms in total. The number of amides is 1. The van der Waals surface area contributed by atoms with Gasteiger partial charge in [-0.1, -0.05) is 117 Å². The lowest BCUT2D eigenvalue weighted by Gasteiger charge is -2.21. The van der Waals surface area contributed by atoms with Gasteiger partial charge in [-0.3, -0.25) is 14.4 Å². The Kier molecular flexibility index (Phi) is 32.0. The number of esters is 3. The van der Waals surface area contributed by atoms with E-state index in [4.69, 9.17) is 64.4 Å². The predicted molar refractivity (Wildman–Crippen MR) is 313 cm³/mol. The Labute approximate surface area is 507 Å². The molecule has 0 aromatic heterocycles. The van der Waals surface area contributed by atoms with Crippen LogP contribution in [-0.4, -0.2) is 104 Å². The number of halogens is 6. The number of benzene rings is 3. The van der Waals surface area contributed by atoms with Gasteiger partial charge in [-0.05, 0) is 146 Å². The highest BCUT2D eigenvalue weighted by molar-refractivity contribution is 5.74. The zero-order valence-electron chi connectivity index (χ0n) is 52.1. The van der Waals surface area contributed by atoms with Crippen LogP contribution < -0.4 is 31.0 Å². The molecule has 0 unspecified atom stereocenters. The minimum Gasteiger partial charge on any atom is -0.475 e. The summed E-state index contributed by atoms with van der Waals surface area (Å²) in [6, 6.07) is 18.9. The average Bonchev–Trinajstić information content (AvgIpc) is 2.50. The average molecular weight is 1240 g/mol. The third-order valence-corrected chi connectivity index (χ3v) is 14.0. The second kappa shape index (κ2) is 36.5. The molecule has 0 spiro atoms. The molecule has 87 heavy (non-hydrogen) atoms. The third kappa shape index (κ3) is 29.2. The lowest BCUT2D eigenvalue weighted by molar-refractivity contribution is -0.193. The minimum absolute atomic E-state index is 0.0487. The van der Waals surface area contributed by atoms with Crippen molar-refractivity contribution in [3.8, 4) is 17.2 Å². The van der Waals surface area contributed by atoms with Gasteiger partial charge in [-0.15, -0.1) is 0 Å². The molecular formula is C63H91F6N3O15. The van der Waals surface area contributed by atoms with Gasteiger partial charge in [0, 0.05) is 19.6 Å². The fraction of sp³-hybridized carbons (Fsp3) is 0.619. The van der Waals surface area contributed by atoms with Crippen LogP contribution in [0, 0.1) is 17.8 Å². The second-order valence-corrected chi connectivity index (χ2v) is 23.3. The van der Waals surface area contributed by atoms with Crippen LogP contribution >= 0.6 is 0 Å². The van der Waals surface area contributed by atoms with Gasteiger partial charge in [0.1, 0.15) is 22.8 Å². The van der Waals surface area contributed by atoms with Gasteiger partial charge in [-0.2, -0.15) is 26.3 Å². The maximum absolute atomic E-state index is 12.0. The van der Waals surface area contributed by atoms with E-state index in [1.807, 2.05) is 0 Å². The Balaban J connectivity index is 0.000000403. The summed E-state index contributed by atoms with van der Waals surface area (Å²) < 4.78 is 102. The van der Waals surface area contributed by atoms with E-state index in [1.165, 1.54) is 66.3 Å². The minimum atomic E-state index is -5.08. The molecule has 7 N–H and O–H groups in total. The number of rotatable bonds is 25. The molecule has 0 heterocycles. The molecule has 0 radical (unpaired) electrons. The lowest BCUT2D eigenvalue weighted by atomic mass is 9.90. The van der Waals surface area contributed by atoms with Crippen molar-refractivity contribution in [2.24, 2.45) is 29.2 Å². The topological polar surface area (TPSA) is 272 Å². The molecule has 0 aliphatic heterocycles. The number of nitrogens with one attached hydrogen (secondary N) is 1. The normalized spacial score (nSPS) is 14.7. The lowest BCUT2D eigenvalue weighted by Crippen LogP contribution is -2.33. The van der Waals surface area contributed by atoms with E-state index in [0.717, 1.165) is 34.6 Å². The monoisotopic (exact) mass is 1240 g/mol. The number of hydrogen-bond donors (Lipinski definition) is 5. The molecule has 3 fully saturated rings. The van der Waals surface area contributed by atoms with Gasteiger partial charge < -0.3 is 60.2 Å². The van der Waals surface area contributed by atoms with Crippen LogP contribution in [0.5, 0.6) is 17.2 Å². The van der Waals surface area contributed by atoms with Crippen LogP contribution in [0.2, 0.25) is 0 Å². The smallest absolute Gasteiger partial charge is 0.475 e. The van der Waals surface area contributed by atoms with Crippen molar-refractivity contribution in [1.29, 1.82) is 0 Å². The summed E-state index contributed by atoms with van der Waals surface area (Å²) in [5.41, 5.74) is 17.2. The molecule has 6 rings (SSSR count). The van der Waals surface area contributed by atoms with Crippen molar-refractivity contribution in [3.63, 3.8) is 0 Å². The first-order valence-corrected chi connectivity index (χ1v) is 29.3. The zero-order chi connectivity index (χ0) is 66.0. The number of nitrogens with two attached hydrogens (primary N) is 2. The summed E-state index contributed by atoms with van der Waals surface area (Å²) in [6.45, 7) is 25.4. The van der Waals surface area contributed by atoms with Crippen molar-refractivity contribution >= 4 is 35.9 Å². The molecular weight excluding hydrogens is 1150 g/mol. The van der Waals surface area contributed by atoms with E-state index in [0.29, 0.717) is 54.5 Å². The Morgan fingerprint density at radius 1 is 0.483 bits per heavy atom. The van der Waals surface area contributed by atoms with Crippen molar-refractivity contribution in [2.75, 3.05) is 40.0 Å². The van der Waals surface area contributed by atoms with Crippen LogP contribution in [0.25, 0.3) is 0 Å². The maximum atomic E-state index is 12.0. The van der Waals surface area contributed by atoms with E-state index < -0.39 is 42.0 Å². The Bertz CT molecular complexity index is 2530. The SMILES string of the molecule is CC(C)c1cccc([C@H](C)C2CC2)c1OCOC(=O)CCN.CC(C)c1cccc([C@H](C)C2CC2)c1OCOC(=O)CCN.CC(C)c1cccc([C@H](C)C2CC2)c1OCOC(=O)CCNC(=O)OC(C)(C)C.O=C(O)C(F)(F)F.O=C(O)C(F)(F)F. The number of para-hydroxylation sites is 3. The molecule has 0 saturated heterocycles. The van der Waals surface area contributed by atoms with Gasteiger partial charge in [0.05, 0.1) is 19.3 Å². The van der Waals surface area contributed by atoms with E-state index in [9.17, 15) is 45.5 Å². The summed E-state index contributed by atoms with van der Waals surface area (Å²) in [7, 11) is 0. The molecule has 24 heteroatoms. The Hall–Kier alpha value is -6.82. The van der Waals surface area contributed by atoms with Crippen LogP contribution in [0.1, 0.15) is 210 Å². The largest absolute Gasteiger partial charge is 0.490 e. The number of alkyl halides is 6. The number of alkyl carbamates (subject to hydrolysis) is 1. The van der Waals surface area contributed by atoms with Crippen LogP contribution in [0.15, 0.2) is 54.6 Å². The molecule has 3 saturated carbocycles. The van der Waals surface area contributed by atoms with E-state index in [1.54, 1.807) is 20.8 Å². The number of ether oxygens (including phenoxy) is 7. The van der Waals surface area contributed by atoms with Crippen molar-refractivity contribution in [3.05, 3.63) is 88.0 Å². The summed E-state index contributed by atoms with van der Waals surface area (Å²) in [5.74, 6) is 0.668. The van der Waals surface area contributed by atoms with Crippen LogP contribution in [0.3, 0.4) is 0 Å². The maximum Gasteiger partial charge on any atom is 0.490 e. The van der Waals surface area contributed by atoms with Crippen molar-refractivity contribution in [1.82, 2.24) is 5.32 Å². The predicted octanol–water partition coefficient (Wildman–Crippen LogP) is 13.5. The first kappa shape index (κ1) is 76.3. The molecule has 490 valence electrons. The third-order valence-electron chi connectivity index (χ3n) is 14.0. The van der Waals surface area contributed by atoms with Gasteiger partial charge in [0.15, 0.2) is 0 Å². The second-order valence-electron chi connectivity index (χ2n) is 23.3. The quantitative estimate of drug-likeness (QED) is 0.0228. The van der Waals surface area contributed by atoms with Gasteiger partial charge in [0.25, 0.3) is 0 Å². The molecule has 3 atom stereocenters. The number of carbonyl (C=O) groups excluding carboxylic acids is 4. The summed E-state index contributed by atoms with van der Waals surface area (Å²) >= 11 is 0. The number of aliphatic carboxylic acids is 2. The Morgan fingerprint density at radius 3 is 0.954 bits per heavy atom. The van der Waals surface area contributed by atoms with E-state index in [2.05, 4.69) is 122 Å². The summed E-state index contributed by atoms with van der Waals surface area (Å²) in [5, 5.41) is 16.8. The van der Waals surface area contributed by atoms with Crippen LogP contribution in [0.4, 0.5) is 31.1 Å². The van der Waals surface area contributed by atoms with E-state index >= 15 is 0 Å². The number of carbonyl (C=O) groups is 6. The van der Waals surface area contributed by atoms with Gasteiger partial charge in [0.2, 0.25) is 20.4 Å². The summed E-state index contributed by atoms with van der Waals surface area (Å²) in [4.78, 5) is 64.2. The summed E-state index contributed by atoms with van der Waals surface area (Å²) in [6.07, 6.45) is -2.54.